The van der Waals surface area contributed by atoms with Crippen molar-refractivity contribution in [2.75, 3.05) is 26.2 Å². The average molecular weight is 443 g/mol. The number of carboxylic acids is 3. The number of quaternary nitrogens is 1. The van der Waals surface area contributed by atoms with Gasteiger partial charge in [0, 0.05) is 0 Å². The molecule has 180 valence electrons. The molecule has 31 heavy (non-hydrogen) atoms. The number of hydrogen-bond donors (Lipinski definition) is 3. The topological polar surface area (TPSA) is 112 Å². The van der Waals surface area contributed by atoms with Gasteiger partial charge in [-0.1, -0.05) is 76.9 Å². The maximum Gasteiger partial charge on any atom is 0.359 e. The third-order valence-corrected chi connectivity index (χ3v) is 5.57. The van der Waals surface area contributed by atoms with Gasteiger partial charge in [0.25, 0.3) is 0 Å². The Kier molecular flexibility index (Phi) is 17.7. The normalized spacial score (nSPS) is 11.8. The van der Waals surface area contributed by atoms with Gasteiger partial charge in [-0.3, -0.25) is 4.48 Å². The SMILES string of the molecule is CC/C=C/CCCCCCCCCCCCCC[N+](CC(=O)O)(CC(=O)O)CC(=O)O. The van der Waals surface area contributed by atoms with E-state index in [1.165, 1.54) is 57.8 Å². The second-order valence-electron chi connectivity index (χ2n) is 8.63. The minimum Gasteiger partial charge on any atom is -0.477 e. The summed E-state index contributed by atoms with van der Waals surface area (Å²) in [6, 6.07) is 0. The Bertz CT molecular complexity index is 491. The van der Waals surface area contributed by atoms with Crippen LogP contribution < -0.4 is 0 Å². The summed E-state index contributed by atoms with van der Waals surface area (Å²) in [7, 11) is 0. The van der Waals surface area contributed by atoms with Crippen LogP contribution in [0, 0.1) is 0 Å². The smallest absolute Gasteiger partial charge is 0.359 e. The molecule has 0 atom stereocenters. The zero-order valence-electron chi connectivity index (χ0n) is 19.4. The van der Waals surface area contributed by atoms with Crippen LogP contribution in [0.4, 0.5) is 0 Å². The molecule has 0 aromatic heterocycles. The first-order valence-corrected chi connectivity index (χ1v) is 12.0. The van der Waals surface area contributed by atoms with E-state index in [1.807, 2.05) is 0 Å². The van der Waals surface area contributed by atoms with Crippen LogP contribution in [0.1, 0.15) is 96.8 Å². The lowest BCUT2D eigenvalue weighted by Gasteiger charge is -2.34. The lowest BCUT2D eigenvalue weighted by molar-refractivity contribution is -0.907. The summed E-state index contributed by atoms with van der Waals surface area (Å²) < 4.78 is -0.436. The van der Waals surface area contributed by atoms with Gasteiger partial charge in [-0.2, -0.15) is 0 Å². The fourth-order valence-electron chi connectivity index (χ4n) is 4.03. The number of carbonyl (C=O) groups is 3. The monoisotopic (exact) mass is 442 g/mol. The maximum absolute atomic E-state index is 11.1. The molecule has 0 bridgehead atoms. The third kappa shape index (κ3) is 18.6. The first kappa shape index (κ1) is 29.1. The lowest BCUT2D eigenvalue weighted by atomic mass is 10.0. The van der Waals surface area contributed by atoms with Crippen LogP contribution in [0.25, 0.3) is 0 Å². The van der Waals surface area contributed by atoms with Crippen LogP contribution in [0.5, 0.6) is 0 Å². The van der Waals surface area contributed by atoms with Crippen molar-refractivity contribution >= 4 is 17.9 Å². The van der Waals surface area contributed by atoms with Gasteiger partial charge in [0.05, 0.1) is 6.54 Å². The van der Waals surface area contributed by atoms with Gasteiger partial charge in [-0.05, 0) is 32.1 Å². The quantitative estimate of drug-likeness (QED) is 0.122. The van der Waals surface area contributed by atoms with E-state index in [0.717, 1.165) is 25.7 Å². The Hall–Kier alpha value is -1.89. The molecule has 0 aliphatic rings. The first-order valence-electron chi connectivity index (χ1n) is 12.0. The van der Waals surface area contributed by atoms with E-state index in [0.29, 0.717) is 6.42 Å². The van der Waals surface area contributed by atoms with E-state index < -0.39 is 42.0 Å². The Morgan fingerprint density at radius 3 is 1.29 bits per heavy atom. The molecular weight excluding hydrogens is 398 g/mol. The van der Waals surface area contributed by atoms with Gasteiger partial charge in [0.15, 0.2) is 19.6 Å². The van der Waals surface area contributed by atoms with Gasteiger partial charge in [-0.25, -0.2) is 14.4 Å². The van der Waals surface area contributed by atoms with Crippen LogP contribution in [0.15, 0.2) is 12.2 Å². The van der Waals surface area contributed by atoms with E-state index in [-0.39, 0.29) is 6.54 Å². The molecule has 0 amide bonds. The molecule has 0 spiro atoms. The summed E-state index contributed by atoms with van der Waals surface area (Å²) in [4.78, 5) is 33.4. The maximum atomic E-state index is 11.1. The van der Waals surface area contributed by atoms with Crippen molar-refractivity contribution in [2.45, 2.75) is 96.8 Å². The molecule has 0 heterocycles. The standard InChI is InChI=1S/C24H43NO6/c1-2-3-4-5-6-7-8-9-10-11-12-13-14-15-16-17-18-25(19-22(26)27,20-23(28)29)21-24(30)31/h3-4H,2,5-21H2,1H3,(H2-,26,27,28,29,30,31)/p+1/b4-3+. The number of carboxylic acid groups (broad SMARTS) is 3. The number of aliphatic carboxylic acids is 3. The van der Waals surface area contributed by atoms with Crippen LogP contribution in [-0.4, -0.2) is 63.9 Å². The molecule has 0 saturated carbocycles. The summed E-state index contributed by atoms with van der Waals surface area (Å²) in [5.74, 6) is -3.51. The molecule has 0 saturated heterocycles. The molecule has 7 heteroatoms. The predicted octanol–water partition coefficient (Wildman–Crippen LogP) is 5.09. The molecule has 0 radical (unpaired) electrons. The molecule has 0 aromatic carbocycles. The third-order valence-electron chi connectivity index (χ3n) is 5.57. The Balaban J connectivity index is 3.85. The number of unbranched alkanes of at least 4 members (excludes halogenated alkanes) is 12. The van der Waals surface area contributed by atoms with E-state index in [9.17, 15) is 14.4 Å². The highest BCUT2D eigenvalue weighted by Gasteiger charge is 2.35. The fraction of sp³-hybridized carbons (Fsp3) is 0.792. The molecule has 0 rings (SSSR count). The number of hydrogen-bond acceptors (Lipinski definition) is 3. The zero-order chi connectivity index (χ0) is 23.4. The van der Waals surface area contributed by atoms with Crippen molar-refractivity contribution in [1.82, 2.24) is 0 Å². The van der Waals surface area contributed by atoms with Gasteiger partial charge in [0.2, 0.25) is 0 Å². The fourth-order valence-corrected chi connectivity index (χ4v) is 4.03. The summed E-state index contributed by atoms with van der Waals surface area (Å²) in [5, 5.41) is 27.3. The number of nitrogens with zero attached hydrogens (tertiary/aromatic N) is 1. The van der Waals surface area contributed by atoms with Crippen molar-refractivity contribution in [3.63, 3.8) is 0 Å². The zero-order valence-corrected chi connectivity index (χ0v) is 19.4. The van der Waals surface area contributed by atoms with Crippen molar-refractivity contribution in [1.29, 1.82) is 0 Å². The minimum absolute atomic E-state index is 0.263. The first-order chi connectivity index (χ1) is 14.8. The summed E-state index contributed by atoms with van der Waals surface area (Å²) >= 11 is 0. The van der Waals surface area contributed by atoms with Crippen molar-refractivity contribution in [2.24, 2.45) is 0 Å². The Morgan fingerprint density at radius 1 is 0.581 bits per heavy atom. The van der Waals surface area contributed by atoms with E-state index in [4.69, 9.17) is 15.3 Å². The van der Waals surface area contributed by atoms with Crippen LogP contribution in [0.3, 0.4) is 0 Å². The van der Waals surface area contributed by atoms with Crippen molar-refractivity contribution in [3.05, 3.63) is 12.2 Å². The van der Waals surface area contributed by atoms with Crippen LogP contribution in [0.2, 0.25) is 0 Å². The van der Waals surface area contributed by atoms with Gasteiger partial charge in [-0.15, -0.1) is 0 Å². The molecule has 0 unspecified atom stereocenters. The van der Waals surface area contributed by atoms with Gasteiger partial charge >= 0.3 is 17.9 Å². The van der Waals surface area contributed by atoms with Gasteiger partial charge < -0.3 is 15.3 Å². The molecule has 0 aromatic rings. The van der Waals surface area contributed by atoms with E-state index in [2.05, 4.69) is 19.1 Å². The highest BCUT2D eigenvalue weighted by Crippen LogP contribution is 2.15. The molecule has 7 nitrogen and oxygen atoms in total. The number of allylic oxidation sites excluding steroid dienone is 2. The second kappa shape index (κ2) is 18.8. The van der Waals surface area contributed by atoms with Crippen molar-refractivity contribution in [3.8, 4) is 0 Å². The largest absolute Gasteiger partial charge is 0.477 e. The molecule has 0 fully saturated rings. The Morgan fingerprint density at radius 2 is 0.935 bits per heavy atom. The van der Waals surface area contributed by atoms with Crippen LogP contribution >= 0.6 is 0 Å². The average Bonchev–Trinajstić information content (AvgIpc) is 2.66. The highest BCUT2D eigenvalue weighted by atomic mass is 16.4. The Labute approximate surface area is 187 Å². The summed E-state index contributed by atoms with van der Waals surface area (Å²) in [6.45, 7) is 0.989. The highest BCUT2D eigenvalue weighted by molar-refractivity contribution is 5.73. The summed E-state index contributed by atoms with van der Waals surface area (Å²) in [5.41, 5.74) is 0. The van der Waals surface area contributed by atoms with Crippen molar-refractivity contribution < 1.29 is 34.2 Å². The molecule has 3 N–H and O–H groups in total. The van der Waals surface area contributed by atoms with E-state index >= 15 is 0 Å². The van der Waals surface area contributed by atoms with Crippen LogP contribution in [-0.2, 0) is 14.4 Å². The van der Waals surface area contributed by atoms with E-state index in [1.54, 1.807) is 0 Å². The number of rotatable bonds is 22. The molecule has 0 aliphatic heterocycles. The molecular formula is C24H44NO6+. The minimum atomic E-state index is -1.17. The predicted molar refractivity (Wildman–Crippen MR) is 122 cm³/mol. The second-order valence-corrected chi connectivity index (χ2v) is 8.63. The summed E-state index contributed by atoms with van der Waals surface area (Å²) in [6.07, 6.45) is 20.7. The lowest BCUT2D eigenvalue weighted by Crippen LogP contribution is -2.57. The molecule has 0 aliphatic carbocycles. The van der Waals surface area contributed by atoms with Gasteiger partial charge in [0.1, 0.15) is 0 Å².